The third-order valence-corrected chi connectivity index (χ3v) is 10.4. The normalized spacial score (nSPS) is 17.6. The Kier molecular flexibility index (Phi) is 11.1. The van der Waals surface area contributed by atoms with Gasteiger partial charge in [0.2, 0.25) is 0 Å². The molecule has 10 nitrogen and oxygen atoms in total. The maximum Gasteiger partial charge on any atom is 0.144 e. The van der Waals surface area contributed by atoms with Gasteiger partial charge in [0.15, 0.2) is 0 Å². The maximum absolute atomic E-state index is 10.6. The Balaban J connectivity index is 0.000000162. The van der Waals surface area contributed by atoms with Crippen LogP contribution in [0.2, 0.25) is 5.02 Å². The fraction of sp³-hybridized carbons (Fsp3) is 0.366. The average Bonchev–Trinajstić information content (AvgIpc) is 3.78. The number of halogens is 1. The standard InChI is InChI=1S/C21H25N3O2.C20H22ClN3O2/c1-14-6-5-7-16(19(14)25)20(26-15-10-12-24(2)13-11-15)21-22-17-8-3-4-9-18(17)23-21;1-24-10-8-14(9-11-24)26-19(15-7-6-13(21)12-18(15)25)20-22-16-4-2-3-5-17(16)23-20/h3-9,15,20,25H,10-13H2,1-2H3,(H,22,23);2-7,12,14,19,25H,8-11H2,1H3,(H,22,23). The fourth-order valence-corrected chi connectivity index (χ4v) is 7.19. The highest BCUT2D eigenvalue weighted by Crippen LogP contribution is 2.37. The summed E-state index contributed by atoms with van der Waals surface area (Å²) in [7, 11) is 4.26. The van der Waals surface area contributed by atoms with Gasteiger partial charge in [0.1, 0.15) is 35.4 Å². The molecule has 0 spiro atoms. The first-order chi connectivity index (χ1) is 25.2. The zero-order chi connectivity index (χ0) is 36.2. The number of piperidine rings is 2. The number of phenolic OH excluding ortho intramolecular Hbond substituents is 2. The second-order valence-electron chi connectivity index (χ2n) is 14.0. The van der Waals surface area contributed by atoms with E-state index in [1.54, 1.807) is 12.1 Å². The molecule has 0 amide bonds. The number of nitrogens with one attached hydrogen (secondary N) is 2. The van der Waals surface area contributed by atoms with E-state index < -0.39 is 12.2 Å². The molecular formula is C41H47ClN6O4. The van der Waals surface area contributed by atoms with E-state index in [-0.39, 0.29) is 23.7 Å². The Hall–Kier alpha value is -4.45. The fourth-order valence-electron chi connectivity index (χ4n) is 7.02. The third kappa shape index (κ3) is 8.27. The number of para-hydroxylation sites is 5. The van der Waals surface area contributed by atoms with Crippen molar-refractivity contribution in [3.05, 3.63) is 118 Å². The summed E-state index contributed by atoms with van der Waals surface area (Å²) < 4.78 is 12.9. The van der Waals surface area contributed by atoms with Crippen molar-refractivity contribution in [2.75, 3.05) is 40.3 Å². The largest absolute Gasteiger partial charge is 0.508 e. The van der Waals surface area contributed by atoms with Gasteiger partial charge in [-0.25, -0.2) is 9.97 Å². The molecule has 0 saturated carbocycles. The van der Waals surface area contributed by atoms with Crippen LogP contribution in [0.3, 0.4) is 0 Å². The highest BCUT2D eigenvalue weighted by molar-refractivity contribution is 6.30. The molecule has 2 unspecified atom stereocenters. The minimum Gasteiger partial charge on any atom is -0.508 e. The van der Waals surface area contributed by atoms with Crippen molar-refractivity contribution in [2.24, 2.45) is 0 Å². The van der Waals surface area contributed by atoms with Gasteiger partial charge in [-0.2, -0.15) is 0 Å². The first-order valence-corrected chi connectivity index (χ1v) is 18.4. The van der Waals surface area contributed by atoms with Crippen LogP contribution in [0, 0.1) is 6.92 Å². The molecule has 2 aliphatic rings. The molecule has 4 heterocycles. The Morgan fingerprint density at radius 2 is 1.17 bits per heavy atom. The summed E-state index contributed by atoms with van der Waals surface area (Å²) in [6.07, 6.45) is 3.30. The van der Waals surface area contributed by atoms with E-state index >= 15 is 0 Å². The van der Waals surface area contributed by atoms with Gasteiger partial charge in [0, 0.05) is 42.3 Å². The lowest BCUT2D eigenvalue weighted by Crippen LogP contribution is -2.35. The average molecular weight is 723 g/mol. The van der Waals surface area contributed by atoms with Gasteiger partial charge in [0.05, 0.1) is 34.3 Å². The number of benzene rings is 4. The summed E-state index contributed by atoms with van der Waals surface area (Å²) in [5.41, 5.74) is 6.00. The zero-order valence-corrected chi connectivity index (χ0v) is 30.7. The summed E-state index contributed by atoms with van der Waals surface area (Å²) in [5, 5.41) is 21.6. The summed E-state index contributed by atoms with van der Waals surface area (Å²) in [6, 6.07) is 26.7. The smallest absolute Gasteiger partial charge is 0.144 e. The van der Waals surface area contributed by atoms with E-state index in [2.05, 4.69) is 33.9 Å². The van der Waals surface area contributed by atoms with Crippen LogP contribution in [0.5, 0.6) is 11.5 Å². The van der Waals surface area contributed by atoms with Crippen molar-refractivity contribution < 1.29 is 19.7 Å². The number of likely N-dealkylation sites (tertiary alicyclic amines) is 2. The number of nitrogens with zero attached hydrogens (tertiary/aromatic N) is 4. The lowest BCUT2D eigenvalue weighted by Gasteiger charge is -2.31. The van der Waals surface area contributed by atoms with Gasteiger partial charge >= 0.3 is 0 Å². The molecule has 8 rings (SSSR count). The molecule has 6 aromatic rings. The molecule has 11 heteroatoms. The van der Waals surface area contributed by atoms with Crippen molar-refractivity contribution in [2.45, 2.75) is 57.0 Å². The Bertz CT molecular complexity index is 2030. The minimum absolute atomic E-state index is 0.121. The van der Waals surface area contributed by atoms with Crippen LogP contribution in [0.15, 0.2) is 84.9 Å². The zero-order valence-electron chi connectivity index (χ0n) is 29.9. The van der Waals surface area contributed by atoms with Gasteiger partial charge in [-0.1, -0.05) is 60.1 Å². The lowest BCUT2D eigenvalue weighted by molar-refractivity contribution is -0.0272. The predicted octanol–water partition coefficient (Wildman–Crippen LogP) is 7.90. The number of imidazole rings is 2. The van der Waals surface area contributed by atoms with Crippen LogP contribution in [0.1, 0.15) is 66.2 Å². The number of rotatable bonds is 8. The van der Waals surface area contributed by atoms with E-state index in [0.717, 1.165) is 90.9 Å². The van der Waals surface area contributed by atoms with Crippen LogP contribution in [-0.2, 0) is 9.47 Å². The highest BCUT2D eigenvalue weighted by atomic mass is 35.5. The van der Waals surface area contributed by atoms with Crippen molar-refractivity contribution in [3.63, 3.8) is 0 Å². The monoisotopic (exact) mass is 722 g/mol. The summed E-state index contributed by atoms with van der Waals surface area (Å²) in [6.45, 7) is 5.97. The SMILES string of the molecule is CN1CCC(OC(c2nc3ccccc3[nH]2)c2ccc(Cl)cc2O)CC1.Cc1cccc(C(OC2CCN(C)CC2)c2nc3ccccc3[nH]2)c1O. The van der Waals surface area contributed by atoms with Crippen molar-refractivity contribution in [3.8, 4) is 11.5 Å². The highest BCUT2D eigenvalue weighted by Gasteiger charge is 2.29. The number of hydrogen-bond acceptors (Lipinski definition) is 8. The lowest BCUT2D eigenvalue weighted by atomic mass is 10.0. The molecule has 2 aromatic heterocycles. The van der Waals surface area contributed by atoms with Gasteiger partial charge in [0.25, 0.3) is 0 Å². The number of H-pyrrole nitrogens is 2. The van der Waals surface area contributed by atoms with Gasteiger partial charge in [-0.3, -0.25) is 0 Å². The first-order valence-electron chi connectivity index (χ1n) is 18.1. The molecule has 0 bridgehead atoms. The number of aromatic amines is 2. The van der Waals surface area contributed by atoms with Crippen LogP contribution in [0.25, 0.3) is 22.1 Å². The summed E-state index contributed by atoms with van der Waals surface area (Å²) in [5.74, 6) is 1.84. The van der Waals surface area contributed by atoms with Crippen LogP contribution < -0.4 is 0 Å². The van der Waals surface area contributed by atoms with Crippen LogP contribution >= 0.6 is 11.6 Å². The van der Waals surface area contributed by atoms with Gasteiger partial charge in [-0.05, 0) is 88.7 Å². The number of aromatic hydroxyl groups is 2. The number of aryl methyl sites for hydroxylation is 1. The number of fused-ring (bicyclic) bond motifs is 2. The molecule has 0 radical (unpaired) electrons. The predicted molar refractivity (Wildman–Crippen MR) is 205 cm³/mol. The quantitative estimate of drug-likeness (QED) is 0.125. The molecule has 2 fully saturated rings. The molecule has 0 aliphatic carbocycles. The molecule has 272 valence electrons. The van der Waals surface area contributed by atoms with Crippen molar-refractivity contribution in [1.29, 1.82) is 0 Å². The Morgan fingerprint density at radius 1 is 0.673 bits per heavy atom. The second kappa shape index (κ2) is 16.1. The number of hydrogen-bond donors (Lipinski definition) is 4. The number of ether oxygens (including phenoxy) is 2. The molecule has 2 aliphatic heterocycles. The van der Waals surface area contributed by atoms with E-state index in [0.29, 0.717) is 16.4 Å². The molecule has 2 saturated heterocycles. The van der Waals surface area contributed by atoms with Crippen LogP contribution in [-0.4, -0.2) is 92.4 Å². The van der Waals surface area contributed by atoms with E-state index in [1.807, 2.05) is 79.7 Å². The Morgan fingerprint density at radius 3 is 1.67 bits per heavy atom. The Labute approximate surface area is 309 Å². The molecule has 52 heavy (non-hydrogen) atoms. The minimum atomic E-state index is -0.465. The second-order valence-corrected chi connectivity index (χ2v) is 14.5. The molecular weight excluding hydrogens is 676 g/mol. The number of phenols is 2. The molecule has 4 aromatic carbocycles. The van der Waals surface area contributed by atoms with Crippen molar-refractivity contribution >= 4 is 33.7 Å². The van der Waals surface area contributed by atoms with Crippen molar-refractivity contribution in [1.82, 2.24) is 29.7 Å². The molecule has 2 atom stereocenters. The third-order valence-electron chi connectivity index (χ3n) is 10.1. The first kappa shape index (κ1) is 35.9. The number of aromatic nitrogens is 4. The van der Waals surface area contributed by atoms with E-state index in [9.17, 15) is 10.2 Å². The van der Waals surface area contributed by atoms with E-state index in [4.69, 9.17) is 31.0 Å². The molecule has 4 N–H and O–H groups in total. The van der Waals surface area contributed by atoms with Gasteiger partial charge in [-0.15, -0.1) is 0 Å². The topological polar surface area (TPSA) is 123 Å². The van der Waals surface area contributed by atoms with Gasteiger partial charge < -0.3 is 39.5 Å². The van der Waals surface area contributed by atoms with E-state index in [1.165, 1.54) is 0 Å². The maximum atomic E-state index is 10.6. The summed E-state index contributed by atoms with van der Waals surface area (Å²) in [4.78, 5) is 20.8. The van der Waals surface area contributed by atoms with Crippen LogP contribution in [0.4, 0.5) is 0 Å². The summed E-state index contributed by atoms with van der Waals surface area (Å²) >= 11 is 6.01.